The first kappa shape index (κ1) is 14.6. The largest absolute Gasteiger partial charge is 0.321 e. The molecule has 1 aromatic carbocycles. The average molecular weight is 259 g/mol. The van der Waals surface area contributed by atoms with Crippen LogP contribution in [0.3, 0.4) is 0 Å². The molecule has 19 heavy (non-hydrogen) atoms. The summed E-state index contributed by atoms with van der Waals surface area (Å²) in [4.78, 5) is 0. The summed E-state index contributed by atoms with van der Waals surface area (Å²) in [6.07, 6.45) is 10.0. The number of nitrogens with two attached hydrogens (primary N) is 1. The number of unbranched alkanes of at least 4 members (excludes halogenated alkanes) is 1. The molecule has 2 unspecified atom stereocenters. The van der Waals surface area contributed by atoms with Gasteiger partial charge in [0.25, 0.3) is 0 Å². The lowest BCUT2D eigenvalue weighted by molar-refractivity contribution is 0.265. The van der Waals surface area contributed by atoms with Gasteiger partial charge in [0, 0.05) is 5.54 Å². The van der Waals surface area contributed by atoms with Gasteiger partial charge in [-0.1, -0.05) is 63.8 Å². The van der Waals surface area contributed by atoms with Crippen molar-refractivity contribution in [3.8, 4) is 0 Å². The van der Waals surface area contributed by atoms with Crippen molar-refractivity contribution in [2.24, 2.45) is 11.7 Å². The van der Waals surface area contributed by atoms with Gasteiger partial charge in [0.15, 0.2) is 0 Å². The summed E-state index contributed by atoms with van der Waals surface area (Å²) in [6, 6.07) is 8.84. The lowest BCUT2D eigenvalue weighted by Crippen LogP contribution is -2.41. The highest BCUT2D eigenvalue weighted by molar-refractivity contribution is 5.35. The zero-order valence-electron chi connectivity index (χ0n) is 12.6. The van der Waals surface area contributed by atoms with Crippen molar-refractivity contribution in [2.45, 2.75) is 70.8 Å². The van der Waals surface area contributed by atoms with Gasteiger partial charge in [-0.25, -0.2) is 0 Å². The minimum atomic E-state index is -0.0662. The second-order valence-electron chi connectivity index (χ2n) is 6.29. The second kappa shape index (κ2) is 6.56. The Balaban J connectivity index is 2.14. The molecule has 0 amide bonds. The van der Waals surface area contributed by atoms with Crippen LogP contribution in [-0.4, -0.2) is 0 Å². The van der Waals surface area contributed by atoms with E-state index in [2.05, 4.69) is 38.1 Å². The molecule has 1 aliphatic carbocycles. The Morgan fingerprint density at radius 2 is 2.05 bits per heavy atom. The lowest BCUT2D eigenvalue weighted by atomic mass is 9.71. The molecule has 0 bridgehead atoms. The molecule has 0 radical (unpaired) electrons. The number of fused-ring (bicyclic) bond motifs is 1. The van der Waals surface area contributed by atoms with E-state index in [0.29, 0.717) is 0 Å². The zero-order chi connectivity index (χ0) is 13.7. The van der Waals surface area contributed by atoms with Gasteiger partial charge in [-0.15, -0.1) is 0 Å². The summed E-state index contributed by atoms with van der Waals surface area (Å²) in [5.74, 6) is 0.788. The van der Waals surface area contributed by atoms with Gasteiger partial charge in [0.2, 0.25) is 0 Å². The minimum Gasteiger partial charge on any atom is -0.321 e. The number of rotatable bonds is 6. The minimum absolute atomic E-state index is 0.0662. The number of benzene rings is 1. The molecular formula is C18H29N. The lowest BCUT2D eigenvalue weighted by Gasteiger charge is -2.38. The Hall–Kier alpha value is -0.820. The highest BCUT2D eigenvalue weighted by Gasteiger charge is 2.33. The maximum atomic E-state index is 6.82. The smallest absolute Gasteiger partial charge is 0.0415 e. The Kier molecular flexibility index (Phi) is 5.04. The molecular weight excluding hydrogens is 230 g/mol. The fourth-order valence-corrected chi connectivity index (χ4v) is 3.62. The van der Waals surface area contributed by atoms with E-state index in [1.165, 1.54) is 56.1 Å². The van der Waals surface area contributed by atoms with E-state index >= 15 is 0 Å². The van der Waals surface area contributed by atoms with Gasteiger partial charge >= 0.3 is 0 Å². The van der Waals surface area contributed by atoms with E-state index in [1.807, 2.05) is 0 Å². The Bertz CT molecular complexity index is 398. The van der Waals surface area contributed by atoms with Crippen molar-refractivity contribution in [3.05, 3.63) is 35.4 Å². The molecule has 0 saturated carbocycles. The SMILES string of the molecule is CCCCC(CC)CC1(N)CCCc2ccccc21. The Labute approximate surface area is 118 Å². The van der Waals surface area contributed by atoms with Gasteiger partial charge in [-0.2, -0.15) is 0 Å². The van der Waals surface area contributed by atoms with Crippen LogP contribution < -0.4 is 5.73 Å². The number of hydrogen-bond donors (Lipinski definition) is 1. The topological polar surface area (TPSA) is 26.0 Å². The van der Waals surface area contributed by atoms with Gasteiger partial charge < -0.3 is 5.73 Å². The van der Waals surface area contributed by atoms with Crippen LogP contribution in [0.15, 0.2) is 24.3 Å². The molecule has 0 saturated heterocycles. The predicted molar refractivity (Wildman–Crippen MR) is 83.2 cm³/mol. The highest BCUT2D eigenvalue weighted by Crippen LogP contribution is 2.39. The van der Waals surface area contributed by atoms with Crippen LogP contribution in [0.4, 0.5) is 0 Å². The Morgan fingerprint density at radius 3 is 2.79 bits per heavy atom. The van der Waals surface area contributed by atoms with E-state index in [1.54, 1.807) is 0 Å². The normalized spacial score (nSPS) is 23.9. The van der Waals surface area contributed by atoms with E-state index < -0.39 is 0 Å². The van der Waals surface area contributed by atoms with Gasteiger partial charge in [-0.3, -0.25) is 0 Å². The van der Waals surface area contributed by atoms with Crippen LogP contribution >= 0.6 is 0 Å². The molecule has 0 aliphatic heterocycles. The molecule has 106 valence electrons. The van der Waals surface area contributed by atoms with Gasteiger partial charge in [-0.05, 0) is 42.7 Å². The summed E-state index contributed by atoms with van der Waals surface area (Å²) < 4.78 is 0. The molecule has 1 aliphatic rings. The van der Waals surface area contributed by atoms with Gasteiger partial charge in [0.05, 0.1) is 0 Å². The second-order valence-corrected chi connectivity index (χ2v) is 6.29. The average Bonchev–Trinajstić information content (AvgIpc) is 2.44. The van der Waals surface area contributed by atoms with Crippen molar-refractivity contribution in [2.75, 3.05) is 0 Å². The zero-order valence-corrected chi connectivity index (χ0v) is 12.6. The summed E-state index contributed by atoms with van der Waals surface area (Å²) in [6.45, 7) is 4.60. The maximum Gasteiger partial charge on any atom is 0.0415 e. The van der Waals surface area contributed by atoms with E-state index in [-0.39, 0.29) is 5.54 Å². The molecule has 0 aromatic heterocycles. The Morgan fingerprint density at radius 1 is 1.26 bits per heavy atom. The summed E-state index contributed by atoms with van der Waals surface area (Å²) in [5.41, 5.74) is 9.67. The van der Waals surface area contributed by atoms with Crippen LogP contribution in [0.5, 0.6) is 0 Å². The van der Waals surface area contributed by atoms with Crippen LogP contribution in [0.2, 0.25) is 0 Å². The molecule has 2 atom stereocenters. The summed E-state index contributed by atoms with van der Waals surface area (Å²) in [5, 5.41) is 0. The maximum absolute atomic E-state index is 6.82. The standard InChI is InChI=1S/C18H29N/c1-3-5-9-15(4-2)14-18(19)13-8-11-16-10-6-7-12-17(16)18/h6-7,10,12,15H,3-5,8-9,11,13-14,19H2,1-2H3. The van der Waals surface area contributed by atoms with Crippen molar-refractivity contribution in [1.29, 1.82) is 0 Å². The van der Waals surface area contributed by atoms with Crippen LogP contribution in [-0.2, 0) is 12.0 Å². The first-order chi connectivity index (χ1) is 9.19. The third-order valence-corrected chi connectivity index (χ3v) is 4.82. The fourth-order valence-electron chi connectivity index (χ4n) is 3.62. The van der Waals surface area contributed by atoms with Crippen LogP contribution in [0, 0.1) is 5.92 Å². The van der Waals surface area contributed by atoms with Crippen molar-refractivity contribution < 1.29 is 0 Å². The number of hydrogen-bond acceptors (Lipinski definition) is 1. The molecule has 0 spiro atoms. The molecule has 1 nitrogen and oxygen atoms in total. The van der Waals surface area contributed by atoms with Crippen molar-refractivity contribution in [1.82, 2.24) is 0 Å². The molecule has 2 N–H and O–H groups in total. The first-order valence-corrected chi connectivity index (χ1v) is 8.07. The highest BCUT2D eigenvalue weighted by atomic mass is 14.8. The van der Waals surface area contributed by atoms with E-state index in [0.717, 1.165) is 12.3 Å². The third kappa shape index (κ3) is 3.39. The monoisotopic (exact) mass is 259 g/mol. The molecule has 1 heteroatoms. The quantitative estimate of drug-likeness (QED) is 0.781. The molecule has 1 aromatic rings. The third-order valence-electron chi connectivity index (χ3n) is 4.82. The van der Waals surface area contributed by atoms with Gasteiger partial charge in [0.1, 0.15) is 0 Å². The van der Waals surface area contributed by atoms with Crippen LogP contribution in [0.1, 0.15) is 69.9 Å². The number of aryl methyl sites for hydroxylation is 1. The van der Waals surface area contributed by atoms with Crippen molar-refractivity contribution in [3.63, 3.8) is 0 Å². The fraction of sp³-hybridized carbons (Fsp3) is 0.667. The van der Waals surface area contributed by atoms with Crippen molar-refractivity contribution >= 4 is 0 Å². The van der Waals surface area contributed by atoms with E-state index in [4.69, 9.17) is 5.73 Å². The van der Waals surface area contributed by atoms with Crippen LogP contribution in [0.25, 0.3) is 0 Å². The molecule has 0 heterocycles. The first-order valence-electron chi connectivity index (χ1n) is 8.07. The molecule has 0 fully saturated rings. The van der Waals surface area contributed by atoms with E-state index in [9.17, 15) is 0 Å². The molecule has 2 rings (SSSR count). The summed E-state index contributed by atoms with van der Waals surface area (Å²) >= 11 is 0. The predicted octanol–water partition coefficient (Wildman–Crippen LogP) is 4.78. The summed E-state index contributed by atoms with van der Waals surface area (Å²) in [7, 11) is 0.